The van der Waals surface area contributed by atoms with Gasteiger partial charge in [-0.1, -0.05) is 18.2 Å². The second-order valence-electron chi connectivity index (χ2n) is 10.4. The number of carbonyl (C=O) groups is 3. The number of hydrogen-bond acceptors (Lipinski definition) is 7. The normalized spacial score (nSPS) is 17.1. The molecule has 0 amide bonds. The van der Waals surface area contributed by atoms with Crippen molar-refractivity contribution in [2.45, 2.75) is 43.5 Å². The maximum atomic E-state index is 13.6. The van der Waals surface area contributed by atoms with Crippen LogP contribution in [0.3, 0.4) is 0 Å². The van der Waals surface area contributed by atoms with Crippen LogP contribution in [0.15, 0.2) is 67.1 Å². The highest BCUT2D eigenvalue weighted by molar-refractivity contribution is 5.73. The van der Waals surface area contributed by atoms with E-state index in [0.717, 1.165) is 44.7 Å². The smallest absolute Gasteiger partial charge is 0.475 e. The van der Waals surface area contributed by atoms with Crippen molar-refractivity contribution < 1.29 is 73.6 Å². The Bertz CT molecular complexity index is 1510. The minimum Gasteiger partial charge on any atom is -0.475 e. The molecule has 0 saturated carbocycles. The predicted octanol–water partition coefficient (Wildman–Crippen LogP) is 5.68. The van der Waals surface area contributed by atoms with Crippen LogP contribution >= 0.6 is 0 Å². The van der Waals surface area contributed by atoms with E-state index in [1.165, 1.54) is 23.0 Å². The van der Waals surface area contributed by atoms with Gasteiger partial charge in [0, 0.05) is 50.2 Å². The maximum absolute atomic E-state index is 13.6. The van der Waals surface area contributed by atoms with E-state index in [4.69, 9.17) is 34.7 Å². The van der Waals surface area contributed by atoms with Crippen molar-refractivity contribution in [3.05, 3.63) is 89.8 Å². The third-order valence-electron chi connectivity index (χ3n) is 6.67. The van der Waals surface area contributed by atoms with E-state index in [1.807, 2.05) is 36.8 Å². The SMILES string of the molecule is Fc1cccc(CN2CCC3(C2)CN(Cc2cccnc2)c2cccnc23)c1.O=C(O)C(F)(F)F.O=C(O)C(F)(F)F.O=C(O)C(F)(F)F. The lowest BCUT2D eigenvalue weighted by Gasteiger charge is -2.26. The van der Waals surface area contributed by atoms with E-state index in [1.54, 1.807) is 12.1 Å². The number of alkyl halides is 9. The van der Waals surface area contributed by atoms with Gasteiger partial charge in [-0.05, 0) is 54.4 Å². The molecule has 5 rings (SSSR count). The summed E-state index contributed by atoms with van der Waals surface area (Å²) in [5.41, 5.74) is 4.73. The molecule has 2 aliphatic rings. The highest BCUT2D eigenvalue weighted by atomic mass is 19.4. The molecule has 4 heterocycles. The summed E-state index contributed by atoms with van der Waals surface area (Å²) in [6, 6.07) is 15.3. The Labute approximate surface area is 270 Å². The summed E-state index contributed by atoms with van der Waals surface area (Å²) in [4.78, 5) is 40.6. The molecule has 0 radical (unpaired) electrons. The number of rotatable bonds is 4. The Balaban J connectivity index is 0.000000325. The average Bonchev–Trinajstić information content (AvgIpc) is 3.53. The Kier molecular flexibility index (Phi) is 13.4. The second kappa shape index (κ2) is 16.4. The fraction of sp³-hybridized carbons (Fsp3) is 0.345. The summed E-state index contributed by atoms with van der Waals surface area (Å²) >= 11 is 0. The largest absolute Gasteiger partial charge is 0.490 e. The van der Waals surface area contributed by atoms with Crippen molar-refractivity contribution in [2.24, 2.45) is 0 Å². The van der Waals surface area contributed by atoms with E-state index in [2.05, 4.69) is 26.9 Å². The number of aliphatic carboxylic acids is 3. The van der Waals surface area contributed by atoms with Crippen molar-refractivity contribution in [1.29, 1.82) is 0 Å². The number of nitrogens with zero attached hydrogens (tertiary/aromatic N) is 4. The number of hydrogen-bond donors (Lipinski definition) is 3. The number of fused-ring (bicyclic) bond motifs is 2. The summed E-state index contributed by atoms with van der Waals surface area (Å²) in [5.74, 6) is -8.44. The van der Waals surface area contributed by atoms with Gasteiger partial charge in [-0.15, -0.1) is 0 Å². The summed E-state index contributed by atoms with van der Waals surface area (Å²) in [5, 5.41) is 21.4. The van der Waals surface area contributed by atoms with Gasteiger partial charge in [0.25, 0.3) is 0 Å². The van der Waals surface area contributed by atoms with Gasteiger partial charge in [-0.25, -0.2) is 18.8 Å². The molecular formula is C29H26F10N4O6. The first-order chi connectivity index (χ1) is 22.5. The van der Waals surface area contributed by atoms with Crippen molar-refractivity contribution in [3.63, 3.8) is 0 Å². The number of aromatic nitrogens is 2. The van der Waals surface area contributed by atoms with Gasteiger partial charge in [-0.2, -0.15) is 39.5 Å². The van der Waals surface area contributed by atoms with Gasteiger partial charge in [0.2, 0.25) is 0 Å². The first kappa shape index (κ1) is 40.2. The van der Waals surface area contributed by atoms with Crippen LogP contribution in [0.25, 0.3) is 0 Å². The molecule has 3 aromatic rings. The second-order valence-corrected chi connectivity index (χ2v) is 10.4. The van der Waals surface area contributed by atoms with Crippen molar-refractivity contribution in [1.82, 2.24) is 14.9 Å². The number of carboxylic acid groups (broad SMARTS) is 3. The van der Waals surface area contributed by atoms with E-state index >= 15 is 0 Å². The van der Waals surface area contributed by atoms with Gasteiger partial charge in [0.15, 0.2) is 0 Å². The average molecular weight is 717 g/mol. The van der Waals surface area contributed by atoms with Gasteiger partial charge < -0.3 is 20.2 Å². The molecule has 1 fully saturated rings. The summed E-state index contributed by atoms with van der Waals surface area (Å²) in [6.07, 6.45) is -8.52. The minimum absolute atomic E-state index is 0.0477. The van der Waals surface area contributed by atoms with Crippen molar-refractivity contribution in [2.75, 3.05) is 24.5 Å². The zero-order chi connectivity index (χ0) is 37.2. The van der Waals surface area contributed by atoms with Crippen LogP contribution in [-0.2, 0) is 32.9 Å². The van der Waals surface area contributed by atoms with E-state index in [9.17, 15) is 43.9 Å². The Morgan fingerprint density at radius 2 is 1.27 bits per heavy atom. The van der Waals surface area contributed by atoms with Crippen LogP contribution in [0.2, 0.25) is 0 Å². The third-order valence-corrected chi connectivity index (χ3v) is 6.67. The fourth-order valence-electron chi connectivity index (χ4n) is 4.75. The van der Waals surface area contributed by atoms with Crippen molar-refractivity contribution in [3.8, 4) is 0 Å². The van der Waals surface area contributed by atoms with Crippen LogP contribution in [-0.4, -0.2) is 86.3 Å². The molecule has 0 aliphatic carbocycles. The fourth-order valence-corrected chi connectivity index (χ4v) is 4.75. The number of likely N-dealkylation sites (tertiary alicyclic amines) is 1. The zero-order valence-electron chi connectivity index (χ0n) is 24.7. The molecular weight excluding hydrogens is 690 g/mol. The molecule has 268 valence electrons. The number of carboxylic acids is 3. The van der Waals surface area contributed by atoms with Crippen LogP contribution < -0.4 is 4.90 Å². The van der Waals surface area contributed by atoms with Crippen LogP contribution in [0.4, 0.5) is 49.6 Å². The molecule has 49 heavy (non-hydrogen) atoms. The van der Waals surface area contributed by atoms with Crippen LogP contribution in [0, 0.1) is 5.82 Å². The monoisotopic (exact) mass is 716 g/mol. The lowest BCUT2D eigenvalue weighted by Crippen LogP contribution is -2.36. The highest BCUT2D eigenvalue weighted by Gasteiger charge is 2.48. The molecule has 0 bridgehead atoms. The number of pyridine rings is 2. The molecule has 20 heteroatoms. The Morgan fingerprint density at radius 1 is 0.735 bits per heavy atom. The van der Waals surface area contributed by atoms with E-state index in [-0.39, 0.29) is 11.2 Å². The highest BCUT2D eigenvalue weighted by Crippen LogP contribution is 2.45. The van der Waals surface area contributed by atoms with E-state index in [0.29, 0.717) is 0 Å². The summed E-state index contributed by atoms with van der Waals surface area (Å²) in [6.45, 7) is 4.56. The molecule has 2 aromatic heterocycles. The minimum atomic E-state index is -5.08. The Morgan fingerprint density at radius 3 is 1.76 bits per heavy atom. The molecule has 1 spiro atoms. The van der Waals surface area contributed by atoms with Crippen molar-refractivity contribution >= 4 is 23.6 Å². The summed E-state index contributed by atoms with van der Waals surface area (Å²) in [7, 11) is 0. The van der Waals surface area contributed by atoms with E-state index < -0.39 is 36.4 Å². The van der Waals surface area contributed by atoms with Crippen LogP contribution in [0.1, 0.15) is 23.2 Å². The molecule has 2 aliphatic heterocycles. The quantitative estimate of drug-likeness (QED) is 0.289. The van der Waals surface area contributed by atoms with Gasteiger partial charge in [0.1, 0.15) is 5.82 Å². The molecule has 1 atom stereocenters. The molecule has 1 aromatic carbocycles. The first-order valence-corrected chi connectivity index (χ1v) is 13.5. The topological polar surface area (TPSA) is 144 Å². The first-order valence-electron chi connectivity index (χ1n) is 13.5. The zero-order valence-corrected chi connectivity index (χ0v) is 24.7. The third kappa shape index (κ3) is 12.5. The number of halogens is 10. The van der Waals surface area contributed by atoms with Crippen LogP contribution in [0.5, 0.6) is 0 Å². The lowest BCUT2D eigenvalue weighted by atomic mass is 9.85. The summed E-state index contributed by atoms with van der Waals surface area (Å²) < 4.78 is 109. The molecule has 1 saturated heterocycles. The molecule has 3 N–H and O–H groups in total. The molecule has 10 nitrogen and oxygen atoms in total. The number of anilines is 1. The number of benzene rings is 1. The van der Waals surface area contributed by atoms with Gasteiger partial charge in [-0.3, -0.25) is 14.9 Å². The predicted molar refractivity (Wildman–Crippen MR) is 149 cm³/mol. The van der Waals surface area contributed by atoms with Gasteiger partial charge >= 0.3 is 36.4 Å². The lowest BCUT2D eigenvalue weighted by molar-refractivity contribution is -0.193. The standard InChI is InChI=1S/C23H23FN4.3C2HF3O2/c24-20-6-1-4-18(12-20)14-27-11-8-23(16-27)17-28(15-19-5-2-9-25-13-19)21-7-3-10-26-22(21)23;3*3-2(4,5)1(6)7/h1-7,9-10,12-13H,8,11,14-17H2;3*(H,6,7). The van der Waals surface area contributed by atoms with Gasteiger partial charge in [0.05, 0.1) is 11.4 Å². The maximum Gasteiger partial charge on any atom is 0.490 e. The molecule has 1 unspecified atom stereocenters. The Hall–Kier alpha value is -5.01.